The van der Waals surface area contributed by atoms with Gasteiger partial charge < -0.3 is 5.73 Å². The second-order valence-corrected chi connectivity index (χ2v) is 6.01. The van der Waals surface area contributed by atoms with Gasteiger partial charge in [-0.25, -0.2) is 13.1 Å². The number of nitrogens with zero attached hydrogens (tertiary/aromatic N) is 1. The van der Waals surface area contributed by atoms with Crippen LogP contribution >= 0.6 is 0 Å². The van der Waals surface area contributed by atoms with Crippen LogP contribution in [0.1, 0.15) is 25.7 Å². The molecule has 0 unspecified atom stereocenters. The summed E-state index contributed by atoms with van der Waals surface area (Å²) in [4.78, 5) is 21.0. The lowest BCUT2D eigenvalue weighted by Gasteiger charge is -2.09. The first-order valence-corrected chi connectivity index (χ1v) is 7.80. The molecule has 0 saturated carbocycles. The van der Waals surface area contributed by atoms with E-state index in [0.29, 0.717) is 19.3 Å². The molecule has 1 amide bonds. The molecule has 0 aromatic heterocycles. The fourth-order valence-corrected chi connectivity index (χ4v) is 3.04. The summed E-state index contributed by atoms with van der Waals surface area (Å²) < 4.78 is 26.0. The highest BCUT2D eigenvalue weighted by Gasteiger charge is 2.29. The average molecular weight is 325 g/mol. The Morgan fingerprint density at radius 1 is 1.41 bits per heavy atom. The number of sulfonamides is 1. The van der Waals surface area contributed by atoms with E-state index >= 15 is 0 Å². The van der Waals surface area contributed by atoms with E-state index in [2.05, 4.69) is 5.92 Å². The van der Waals surface area contributed by atoms with Crippen molar-refractivity contribution < 1.29 is 18.1 Å². The molecule has 0 saturated heterocycles. The van der Waals surface area contributed by atoms with E-state index < -0.39 is 31.4 Å². The van der Waals surface area contributed by atoms with Gasteiger partial charge in [-0.15, -0.1) is 12.3 Å². The Morgan fingerprint density at radius 3 is 2.68 bits per heavy atom. The molecule has 0 heterocycles. The third-order valence-electron chi connectivity index (χ3n) is 2.71. The molecule has 0 aliphatic carbocycles. The minimum absolute atomic E-state index is 0.0541. The molecular formula is C13H15N3O5S. The number of benzene rings is 1. The molecule has 3 N–H and O–H groups in total. The van der Waals surface area contributed by atoms with Gasteiger partial charge in [0.25, 0.3) is 15.7 Å². The number of terminal acetylenes is 1. The molecule has 1 aromatic carbocycles. The van der Waals surface area contributed by atoms with Crippen molar-refractivity contribution in [3.63, 3.8) is 0 Å². The zero-order valence-electron chi connectivity index (χ0n) is 11.6. The third-order valence-corrected chi connectivity index (χ3v) is 4.19. The van der Waals surface area contributed by atoms with Crippen LogP contribution in [-0.4, -0.2) is 19.2 Å². The number of hydrogen-bond donors (Lipinski definition) is 2. The summed E-state index contributed by atoms with van der Waals surface area (Å²) in [5.74, 6) is 1.63. The van der Waals surface area contributed by atoms with E-state index in [9.17, 15) is 23.3 Å². The maximum absolute atomic E-state index is 12.1. The Kier molecular flexibility index (Phi) is 5.89. The minimum Gasteiger partial charge on any atom is -0.397 e. The normalized spacial score (nSPS) is 10.7. The van der Waals surface area contributed by atoms with Crippen LogP contribution in [0.3, 0.4) is 0 Å². The van der Waals surface area contributed by atoms with E-state index in [0.717, 1.165) is 6.07 Å². The third kappa shape index (κ3) is 4.46. The van der Waals surface area contributed by atoms with Crippen LogP contribution in [0.2, 0.25) is 0 Å². The molecule has 0 aliphatic rings. The molecule has 0 spiro atoms. The number of nitro groups is 1. The van der Waals surface area contributed by atoms with Gasteiger partial charge in [0.15, 0.2) is 4.90 Å². The Balaban J connectivity index is 2.94. The number of anilines is 1. The quantitative estimate of drug-likeness (QED) is 0.254. The zero-order chi connectivity index (χ0) is 16.8. The first-order valence-electron chi connectivity index (χ1n) is 6.31. The van der Waals surface area contributed by atoms with Gasteiger partial charge in [0.2, 0.25) is 5.91 Å². The number of carbonyl (C=O) groups excluding carboxylic acids is 1. The standard InChI is InChI=1S/C13H15N3O5S/c1-2-3-4-5-9-12(17)15-22(20,21)13-10(14)7-6-8-11(13)16(18)19/h1,6-8H,3-5,9,14H2,(H,15,17). The number of amides is 1. The number of hydrogen-bond acceptors (Lipinski definition) is 6. The lowest BCUT2D eigenvalue weighted by atomic mass is 10.2. The molecule has 9 heteroatoms. The number of nitrogen functional groups attached to an aromatic ring is 1. The highest BCUT2D eigenvalue weighted by atomic mass is 32.2. The largest absolute Gasteiger partial charge is 0.397 e. The predicted octanol–water partition coefficient (Wildman–Crippen LogP) is 1.18. The molecule has 0 fully saturated rings. The van der Waals surface area contributed by atoms with Crippen molar-refractivity contribution in [1.29, 1.82) is 0 Å². The maximum atomic E-state index is 12.1. The molecule has 118 valence electrons. The average Bonchev–Trinajstić information content (AvgIpc) is 2.42. The highest BCUT2D eigenvalue weighted by molar-refractivity contribution is 7.90. The number of nitro benzene ring substituents is 1. The summed E-state index contributed by atoms with van der Waals surface area (Å²) in [6.07, 6.45) is 6.49. The summed E-state index contributed by atoms with van der Waals surface area (Å²) in [5, 5.41) is 10.9. The zero-order valence-corrected chi connectivity index (χ0v) is 12.4. The molecule has 1 aromatic rings. The Bertz CT molecular complexity index is 722. The molecular weight excluding hydrogens is 310 g/mol. The molecule has 8 nitrogen and oxygen atoms in total. The van der Waals surface area contributed by atoms with Gasteiger partial charge in [0.1, 0.15) is 0 Å². The van der Waals surface area contributed by atoms with Crippen LogP contribution in [0.25, 0.3) is 0 Å². The molecule has 22 heavy (non-hydrogen) atoms. The number of unbranched alkanes of at least 4 members (excludes halogenated alkanes) is 2. The Morgan fingerprint density at radius 2 is 2.09 bits per heavy atom. The van der Waals surface area contributed by atoms with E-state index in [4.69, 9.17) is 12.2 Å². The van der Waals surface area contributed by atoms with Crippen molar-refractivity contribution >= 4 is 27.3 Å². The van der Waals surface area contributed by atoms with Crippen LogP contribution < -0.4 is 10.5 Å². The van der Waals surface area contributed by atoms with Gasteiger partial charge in [0.05, 0.1) is 10.6 Å². The van der Waals surface area contributed by atoms with Crippen LogP contribution in [0.4, 0.5) is 11.4 Å². The predicted molar refractivity (Wildman–Crippen MR) is 80.1 cm³/mol. The highest BCUT2D eigenvalue weighted by Crippen LogP contribution is 2.28. The lowest BCUT2D eigenvalue weighted by Crippen LogP contribution is -2.31. The van der Waals surface area contributed by atoms with Crippen molar-refractivity contribution in [1.82, 2.24) is 4.72 Å². The van der Waals surface area contributed by atoms with E-state index in [1.807, 2.05) is 0 Å². The van der Waals surface area contributed by atoms with E-state index in [-0.39, 0.29) is 12.1 Å². The van der Waals surface area contributed by atoms with Crippen molar-refractivity contribution in [3.8, 4) is 12.3 Å². The van der Waals surface area contributed by atoms with Crippen LogP contribution in [0.5, 0.6) is 0 Å². The molecule has 0 radical (unpaired) electrons. The van der Waals surface area contributed by atoms with Crippen LogP contribution in [0, 0.1) is 22.5 Å². The van der Waals surface area contributed by atoms with E-state index in [1.165, 1.54) is 12.1 Å². The molecule has 1 rings (SSSR count). The summed E-state index contributed by atoms with van der Waals surface area (Å²) in [5.41, 5.74) is 4.51. The van der Waals surface area contributed by atoms with Gasteiger partial charge in [-0.05, 0) is 18.9 Å². The topological polar surface area (TPSA) is 132 Å². The van der Waals surface area contributed by atoms with Gasteiger partial charge in [-0.2, -0.15) is 0 Å². The number of carbonyl (C=O) groups is 1. The number of rotatable bonds is 7. The Labute approximate surface area is 127 Å². The summed E-state index contributed by atoms with van der Waals surface area (Å²) in [6, 6.07) is 3.47. The van der Waals surface area contributed by atoms with Gasteiger partial charge in [0, 0.05) is 18.9 Å². The molecule has 0 atom stereocenters. The van der Waals surface area contributed by atoms with Crippen molar-refractivity contribution in [2.24, 2.45) is 0 Å². The fraction of sp³-hybridized carbons (Fsp3) is 0.308. The summed E-state index contributed by atoms with van der Waals surface area (Å²) in [7, 11) is -4.42. The Hall–Kier alpha value is -2.60. The lowest BCUT2D eigenvalue weighted by molar-refractivity contribution is -0.387. The van der Waals surface area contributed by atoms with Gasteiger partial charge in [-0.1, -0.05) is 6.07 Å². The molecule has 0 aliphatic heterocycles. The fourth-order valence-electron chi connectivity index (χ4n) is 1.74. The van der Waals surface area contributed by atoms with Crippen LogP contribution in [0.15, 0.2) is 23.1 Å². The molecule has 0 bridgehead atoms. The van der Waals surface area contributed by atoms with Gasteiger partial charge >= 0.3 is 0 Å². The smallest absolute Gasteiger partial charge is 0.292 e. The summed E-state index contributed by atoms with van der Waals surface area (Å²) >= 11 is 0. The first kappa shape index (κ1) is 17.5. The number of nitrogens with one attached hydrogen (secondary N) is 1. The van der Waals surface area contributed by atoms with Crippen molar-refractivity contribution in [2.75, 3.05) is 5.73 Å². The maximum Gasteiger partial charge on any atom is 0.292 e. The first-order chi connectivity index (χ1) is 10.3. The van der Waals surface area contributed by atoms with Gasteiger partial charge in [-0.3, -0.25) is 14.9 Å². The van der Waals surface area contributed by atoms with Crippen molar-refractivity contribution in [3.05, 3.63) is 28.3 Å². The van der Waals surface area contributed by atoms with Crippen molar-refractivity contribution in [2.45, 2.75) is 30.6 Å². The minimum atomic E-state index is -4.42. The SMILES string of the molecule is C#CCCCCC(=O)NS(=O)(=O)c1c(N)cccc1[N+](=O)[O-]. The summed E-state index contributed by atoms with van der Waals surface area (Å²) in [6.45, 7) is 0. The second kappa shape index (κ2) is 7.42. The van der Waals surface area contributed by atoms with E-state index in [1.54, 1.807) is 4.72 Å². The monoisotopic (exact) mass is 325 g/mol. The second-order valence-electron chi connectivity index (χ2n) is 4.39. The number of nitrogens with two attached hydrogens (primary N) is 1. The van der Waals surface area contributed by atoms with Crippen LogP contribution in [-0.2, 0) is 14.8 Å².